The molecule has 2 aliphatic carbocycles. The van der Waals surface area contributed by atoms with Gasteiger partial charge in [0.25, 0.3) is 0 Å². The summed E-state index contributed by atoms with van der Waals surface area (Å²) in [6, 6.07) is 0. The second-order valence-corrected chi connectivity index (χ2v) is 3.35. The number of hydrogen-bond acceptors (Lipinski definition) is 1. The van der Waals surface area contributed by atoms with Crippen molar-refractivity contribution in [1.82, 2.24) is 0 Å². The van der Waals surface area contributed by atoms with Crippen LogP contribution in [0.4, 0.5) is 0 Å². The topological polar surface area (TPSA) is 17.1 Å². The Hall–Kier alpha value is -0.590. The van der Waals surface area contributed by atoms with Gasteiger partial charge < -0.3 is 0 Å². The van der Waals surface area contributed by atoms with Crippen molar-refractivity contribution in [2.45, 2.75) is 25.7 Å². The van der Waals surface area contributed by atoms with Gasteiger partial charge in [-0.15, -0.1) is 0 Å². The molecule has 0 saturated heterocycles. The first-order chi connectivity index (χ1) is 4.86. The summed E-state index contributed by atoms with van der Waals surface area (Å²) in [7, 11) is 0. The first kappa shape index (κ1) is 6.14. The molecule has 54 valence electrons. The lowest BCUT2D eigenvalue weighted by atomic mass is 10.0. The molecule has 2 aliphatic rings. The molecule has 0 spiro atoms. The molecule has 2 unspecified atom stereocenters. The molecule has 0 aromatic carbocycles. The van der Waals surface area contributed by atoms with Gasteiger partial charge in [0.1, 0.15) is 5.78 Å². The van der Waals surface area contributed by atoms with Gasteiger partial charge in [0, 0.05) is 12.3 Å². The molecule has 0 aromatic heterocycles. The summed E-state index contributed by atoms with van der Waals surface area (Å²) in [4.78, 5) is 11.2. The molecule has 0 aliphatic heterocycles. The van der Waals surface area contributed by atoms with Gasteiger partial charge in [-0.3, -0.25) is 4.79 Å². The Morgan fingerprint density at radius 2 is 2.30 bits per heavy atom. The number of ketones is 1. The molecule has 1 heteroatoms. The molecule has 2 bridgehead atoms. The van der Waals surface area contributed by atoms with E-state index in [1.165, 1.54) is 6.42 Å². The zero-order valence-corrected chi connectivity index (χ0v) is 6.05. The maximum atomic E-state index is 11.2. The molecule has 10 heavy (non-hydrogen) atoms. The van der Waals surface area contributed by atoms with Gasteiger partial charge >= 0.3 is 0 Å². The summed E-state index contributed by atoms with van der Waals surface area (Å²) in [6.07, 6.45) is 8.61. The molecular formula is C9H12O. The Morgan fingerprint density at radius 3 is 3.20 bits per heavy atom. The number of hydrogen-bond donors (Lipinski definition) is 0. The van der Waals surface area contributed by atoms with Gasteiger partial charge in [-0.2, -0.15) is 0 Å². The van der Waals surface area contributed by atoms with Crippen molar-refractivity contribution < 1.29 is 4.79 Å². The third-order valence-corrected chi connectivity index (χ3v) is 2.58. The summed E-state index contributed by atoms with van der Waals surface area (Å²) in [5, 5.41) is 0. The average Bonchev–Trinajstić information content (AvgIpc) is 2.27. The molecule has 2 atom stereocenters. The van der Waals surface area contributed by atoms with Gasteiger partial charge in [0.15, 0.2) is 0 Å². The first-order valence-electron chi connectivity index (χ1n) is 4.07. The van der Waals surface area contributed by atoms with Crippen molar-refractivity contribution in [3.05, 3.63) is 12.2 Å². The molecule has 0 aromatic rings. The minimum absolute atomic E-state index is 0.299. The summed E-state index contributed by atoms with van der Waals surface area (Å²) in [5.74, 6) is 1.50. The van der Waals surface area contributed by atoms with Crippen LogP contribution in [0.5, 0.6) is 0 Å². The molecule has 0 N–H and O–H groups in total. The van der Waals surface area contributed by atoms with Crippen LogP contribution in [0.3, 0.4) is 0 Å². The standard InChI is InChI=1S/C9H12O/c10-9-3-1-2-7-4-5-8(9)6-7/h4-5,7-8H,1-3,6H2. The second-order valence-electron chi connectivity index (χ2n) is 3.35. The van der Waals surface area contributed by atoms with E-state index in [4.69, 9.17) is 0 Å². The SMILES string of the molecule is O=C1CCCC2C=CC1C2. The van der Waals surface area contributed by atoms with Gasteiger partial charge in [-0.1, -0.05) is 12.2 Å². The maximum Gasteiger partial charge on any atom is 0.139 e. The van der Waals surface area contributed by atoms with E-state index in [1.807, 2.05) is 0 Å². The van der Waals surface area contributed by atoms with Gasteiger partial charge in [0.05, 0.1) is 0 Å². The molecule has 2 rings (SSSR count). The van der Waals surface area contributed by atoms with E-state index in [0.29, 0.717) is 11.7 Å². The van der Waals surface area contributed by atoms with E-state index in [0.717, 1.165) is 25.2 Å². The van der Waals surface area contributed by atoms with Crippen molar-refractivity contribution in [3.8, 4) is 0 Å². The molecule has 1 saturated carbocycles. The lowest BCUT2D eigenvalue weighted by Gasteiger charge is -2.01. The zero-order chi connectivity index (χ0) is 6.97. The third-order valence-electron chi connectivity index (χ3n) is 2.58. The maximum absolute atomic E-state index is 11.2. The average molecular weight is 136 g/mol. The van der Waals surface area contributed by atoms with E-state index >= 15 is 0 Å². The van der Waals surface area contributed by atoms with Crippen LogP contribution in [0.1, 0.15) is 25.7 Å². The van der Waals surface area contributed by atoms with Crippen LogP contribution in [0.15, 0.2) is 12.2 Å². The number of rotatable bonds is 0. The normalized spacial score (nSPS) is 38.2. The number of carbonyl (C=O) groups excluding carboxylic acids is 1. The van der Waals surface area contributed by atoms with Crippen LogP contribution in [0.2, 0.25) is 0 Å². The second kappa shape index (κ2) is 2.22. The molecular weight excluding hydrogens is 124 g/mol. The van der Waals surface area contributed by atoms with Crippen molar-refractivity contribution in [2.24, 2.45) is 11.8 Å². The monoisotopic (exact) mass is 136 g/mol. The third kappa shape index (κ3) is 0.898. The number of Topliss-reactive ketones (excluding diaryl/α,β-unsaturated/α-hetero) is 1. The Labute approximate surface area is 61.1 Å². The summed E-state index contributed by atoms with van der Waals surface area (Å²) < 4.78 is 0. The number of carbonyl (C=O) groups is 1. The zero-order valence-electron chi connectivity index (χ0n) is 6.05. The number of allylic oxidation sites excluding steroid dienone is 2. The Morgan fingerprint density at radius 1 is 1.40 bits per heavy atom. The van der Waals surface area contributed by atoms with Crippen LogP contribution >= 0.6 is 0 Å². The van der Waals surface area contributed by atoms with Crippen LogP contribution in [-0.4, -0.2) is 5.78 Å². The fourth-order valence-electron chi connectivity index (χ4n) is 1.95. The fraction of sp³-hybridized carbons (Fsp3) is 0.667. The van der Waals surface area contributed by atoms with Crippen molar-refractivity contribution in [2.75, 3.05) is 0 Å². The van der Waals surface area contributed by atoms with E-state index in [9.17, 15) is 4.79 Å². The molecule has 0 amide bonds. The van der Waals surface area contributed by atoms with Crippen LogP contribution in [-0.2, 0) is 4.79 Å². The first-order valence-corrected chi connectivity index (χ1v) is 4.07. The predicted molar refractivity (Wildman–Crippen MR) is 39.6 cm³/mol. The van der Waals surface area contributed by atoms with Crippen LogP contribution < -0.4 is 0 Å². The smallest absolute Gasteiger partial charge is 0.139 e. The minimum Gasteiger partial charge on any atom is -0.299 e. The lowest BCUT2D eigenvalue weighted by molar-refractivity contribution is -0.121. The van der Waals surface area contributed by atoms with Crippen LogP contribution in [0, 0.1) is 11.8 Å². The van der Waals surface area contributed by atoms with Crippen molar-refractivity contribution in [3.63, 3.8) is 0 Å². The van der Waals surface area contributed by atoms with Gasteiger partial charge in [0.2, 0.25) is 0 Å². The summed E-state index contributed by atoms with van der Waals surface area (Å²) in [6.45, 7) is 0. The molecule has 0 heterocycles. The predicted octanol–water partition coefficient (Wildman–Crippen LogP) is 1.93. The Kier molecular flexibility index (Phi) is 1.37. The highest BCUT2D eigenvalue weighted by Gasteiger charge is 2.27. The van der Waals surface area contributed by atoms with Crippen LogP contribution in [0.25, 0.3) is 0 Å². The molecule has 1 nitrogen and oxygen atoms in total. The lowest BCUT2D eigenvalue weighted by Crippen LogP contribution is -2.07. The number of fused-ring (bicyclic) bond motifs is 2. The Bertz CT molecular complexity index is 181. The fourth-order valence-corrected chi connectivity index (χ4v) is 1.95. The minimum atomic E-state index is 0.299. The summed E-state index contributed by atoms with van der Waals surface area (Å²) >= 11 is 0. The highest BCUT2D eigenvalue weighted by Crippen LogP contribution is 2.32. The quantitative estimate of drug-likeness (QED) is 0.465. The Balaban J connectivity index is 2.19. The van der Waals surface area contributed by atoms with E-state index in [1.54, 1.807) is 0 Å². The highest BCUT2D eigenvalue weighted by atomic mass is 16.1. The largest absolute Gasteiger partial charge is 0.299 e. The van der Waals surface area contributed by atoms with E-state index < -0.39 is 0 Å². The molecule has 1 fully saturated rings. The molecule has 0 radical (unpaired) electrons. The highest BCUT2D eigenvalue weighted by molar-refractivity contribution is 5.83. The van der Waals surface area contributed by atoms with Gasteiger partial charge in [-0.25, -0.2) is 0 Å². The van der Waals surface area contributed by atoms with Crippen molar-refractivity contribution in [1.29, 1.82) is 0 Å². The van der Waals surface area contributed by atoms with Gasteiger partial charge in [-0.05, 0) is 25.2 Å². The van der Waals surface area contributed by atoms with E-state index in [2.05, 4.69) is 12.2 Å². The van der Waals surface area contributed by atoms with E-state index in [-0.39, 0.29) is 0 Å². The van der Waals surface area contributed by atoms with Crippen molar-refractivity contribution >= 4 is 5.78 Å². The summed E-state index contributed by atoms with van der Waals surface area (Å²) in [5.41, 5.74) is 0.